The van der Waals surface area contributed by atoms with Gasteiger partial charge in [-0.05, 0) is 26.7 Å². The van der Waals surface area contributed by atoms with Crippen molar-refractivity contribution in [3.05, 3.63) is 28.7 Å². The molecule has 0 radical (unpaired) electrons. The van der Waals surface area contributed by atoms with Gasteiger partial charge < -0.3 is 19.7 Å². The molecule has 0 fully saturated rings. The largest absolute Gasteiger partial charge is 0.361 e. The first-order chi connectivity index (χ1) is 12.2. The van der Waals surface area contributed by atoms with Gasteiger partial charge in [-0.3, -0.25) is 0 Å². The molecule has 0 aliphatic carbocycles. The second-order valence-corrected chi connectivity index (χ2v) is 5.70. The maximum absolute atomic E-state index is 5.39. The molecule has 0 spiro atoms. The molecule has 0 saturated carbocycles. The van der Waals surface area contributed by atoms with E-state index in [9.17, 15) is 0 Å². The Hall–Kier alpha value is -2.38. The van der Waals surface area contributed by atoms with E-state index in [1.165, 1.54) is 0 Å². The quantitative estimate of drug-likeness (QED) is 0.407. The lowest BCUT2D eigenvalue weighted by atomic mass is 10.1. The van der Waals surface area contributed by atoms with Crippen LogP contribution in [0.4, 0.5) is 0 Å². The molecule has 2 heterocycles. The van der Waals surface area contributed by atoms with Crippen LogP contribution >= 0.6 is 0 Å². The summed E-state index contributed by atoms with van der Waals surface area (Å²) in [4.78, 5) is 8.87. The Bertz CT molecular complexity index is 655. The van der Waals surface area contributed by atoms with E-state index in [1.807, 2.05) is 13.8 Å². The summed E-state index contributed by atoms with van der Waals surface area (Å²) < 4.78 is 10.5. The number of aryl methyl sites for hydroxylation is 4. The van der Waals surface area contributed by atoms with Crippen LogP contribution in [0.15, 0.2) is 14.0 Å². The van der Waals surface area contributed by atoms with Crippen molar-refractivity contribution < 1.29 is 9.05 Å². The van der Waals surface area contributed by atoms with Crippen LogP contribution < -0.4 is 10.6 Å². The van der Waals surface area contributed by atoms with Gasteiger partial charge in [0.25, 0.3) is 0 Å². The molecule has 0 unspecified atom stereocenters. The van der Waals surface area contributed by atoms with Gasteiger partial charge in [-0.15, -0.1) is 0 Å². The third-order valence-corrected chi connectivity index (χ3v) is 3.78. The van der Waals surface area contributed by atoms with Crippen molar-refractivity contribution in [3.8, 4) is 0 Å². The number of nitrogens with zero attached hydrogens (tertiary/aromatic N) is 4. The fraction of sp³-hybridized carbons (Fsp3) is 0.647. The van der Waals surface area contributed by atoms with E-state index in [1.54, 1.807) is 0 Å². The number of nitrogens with one attached hydrogen (secondary N) is 2. The zero-order valence-corrected chi connectivity index (χ0v) is 15.6. The number of guanidine groups is 1. The van der Waals surface area contributed by atoms with Gasteiger partial charge in [0.2, 0.25) is 5.89 Å². The molecule has 2 aromatic heterocycles. The van der Waals surface area contributed by atoms with E-state index >= 15 is 0 Å². The number of rotatable bonds is 9. The van der Waals surface area contributed by atoms with Crippen molar-refractivity contribution in [2.45, 2.75) is 59.9 Å². The highest BCUT2D eigenvalue weighted by molar-refractivity contribution is 5.79. The highest BCUT2D eigenvalue weighted by Gasteiger charge is 2.13. The van der Waals surface area contributed by atoms with Gasteiger partial charge in [-0.25, -0.2) is 4.99 Å². The first kappa shape index (κ1) is 19.0. The Morgan fingerprint density at radius 1 is 1.08 bits per heavy atom. The average molecular weight is 348 g/mol. The molecule has 2 aromatic rings. The lowest BCUT2D eigenvalue weighted by Gasteiger charge is -2.10. The van der Waals surface area contributed by atoms with Gasteiger partial charge in [0.05, 0.1) is 12.2 Å². The van der Waals surface area contributed by atoms with Gasteiger partial charge in [-0.2, -0.15) is 4.98 Å². The minimum absolute atomic E-state index is 0.564. The summed E-state index contributed by atoms with van der Waals surface area (Å²) >= 11 is 0. The summed E-state index contributed by atoms with van der Waals surface area (Å²) in [6, 6.07) is 0. The van der Waals surface area contributed by atoms with Crippen molar-refractivity contribution >= 4 is 5.96 Å². The molecule has 8 nitrogen and oxygen atoms in total. The zero-order valence-electron chi connectivity index (χ0n) is 15.6. The van der Waals surface area contributed by atoms with Gasteiger partial charge in [-0.1, -0.05) is 24.2 Å². The molecule has 0 aliphatic rings. The number of aliphatic imine (C=N–C) groups is 1. The topological polar surface area (TPSA) is 101 Å². The molecule has 138 valence electrons. The number of hydrogen-bond acceptors (Lipinski definition) is 6. The normalized spacial score (nSPS) is 11.8. The lowest BCUT2D eigenvalue weighted by molar-refractivity contribution is 0.372. The Morgan fingerprint density at radius 3 is 2.56 bits per heavy atom. The van der Waals surface area contributed by atoms with Crippen LogP contribution in [0.25, 0.3) is 0 Å². The van der Waals surface area contributed by atoms with Gasteiger partial charge >= 0.3 is 0 Å². The third kappa shape index (κ3) is 5.58. The van der Waals surface area contributed by atoms with Crippen LogP contribution in [0.1, 0.15) is 55.9 Å². The van der Waals surface area contributed by atoms with Gasteiger partial charge in [0, 0.05) is 31.5 Å². The van der Waals surface area contributed by atoms with Crippen molar-refractivity contribution in [3.63, 3.8) is 0 Å². The minimum atomic E-state index is 0.564. The van der Waals surface area contributed by atoms with Crippen molar-refractivity contribution in [2.24, 2.45) is 4.99 Å². The monoisotopic (exact) mass is 348 g/mol. The Morgan fingerprint density at radius 2 is 1.92 bits per heavy atom. The van der Waals surface area contributed by atoms with Crippen LogP contribution in [0.2, 0.25) is 0 Å². The third-order valence-electron chi connectivity index (χ3n) is 3.78. The van der Waals surface area contributed by atoms with E-state index in [0.29, 0.717) is 18.3 Å². The predicted octanol–water partition coefficient (Wildman–Crippen LogP) is 2.18. The molecule has 2 rings (SSSR count). The van der Waals surface area contributed by atoms with Crippen LogP contribution in [-0.2, 0) is 25.8 Å². The van der Waals surface area contributed by atoms with Crippen LogP contribution in [0.3, 0.4) is 0 Å². The first-order valence-corrected chi connectivity index (χ1v) is 8.95. The molecule has 2 N–H and O–H groups in total. The molecule has 8 heteroatoms. The maximum Gasteiger partial charge on any atom is 0.226 e. The van der Waals surface area contributed by atoms with E-state index in [2.05, 4.69) is 44.8 Å². The second-order valence-electron chi connectivity index (χ2n) is 5.70. The fourth-order valence-electron chi connectivity index (χ4n) is 2.50. The first-order valence-electron chi connectivity index (χ1n) is 8.95. The Balaban J connectivity index is 1.88. The molecule has 25 heavy (non-hydrogen) atoms. The minimum Gasteiger partial charge on any atom is -0.361 e. The molecular weight excluding hydrogens is 320 g/mol. The number of hydrogen-bond donors (Lipinski definition) is 2. The molecular formula is C17H28N6O2. The van der Waals surface area contributed by atoms with Gasteiger partial charge in [0.15, 0.2) is 11.8 Å². The summed E-state index contributed by atoms with van der Waals surface area (Å²) in [5.41, 5.74) is 2.09. The molecule has 0 saturated heterocycles. The van der Waals surface area contributed by atoms with E-state index in [0.717, 1.165) is 61.7 Å². The average Bonchev–Trinajstić information content (AvgIpc) is 3.21. The van der Waals surface area contributed by atoms with E-state index in [-0.39, 0.29) is 0 Å². The van der Waals surface area contributed by atoms with E-state index < -0.39 is 0 Å². The van der Waals surface area contributed by atoms with Crippen LogP contribution in [0, 0.1) is 6.92 Å². The SMILES string of the molecule is CCNC(=NCc1c(CC)noc1CC)NCCCc1nc(C)no1. The zero-order chi connectivity index (χ0) is 18.1. The molecule has 0 aromatic carbocycles. The summed E-state index contributed by atoms with van der Waals surface area (Å²) in [6.07, 6.45) is 3.31. The smallest absolute Gasteiger partial charge is 0.226 e. The molecule has 0 amide bonds. The van der Waals surface area contributed by atoms with Crippen molar-refractivity contribution in [1.82, 2.24) is 25.9 Å². The van der Waals surface area contributed by atoms with Crippen LogP contribution in [-0.4, -0.2) is 34.3 Å². The molecule has 0 atom stereocenters. The maximum atomic E-state index is 5.39. The van der Waals surface area contributed by atoms with E-state index in [4.69, 9.17) is 9.05 Å². The second kappa shape index (κ2) is 9.80. The van der Waals surface area contributed by atoms with Gasteiger partial charge in [0.1, 0.15) is 5.76 Å². The highest BCUT2D eigenvalue weighted by Crippen LogP contribution is 2.16. The number of aromatic nitrogens is 3. The summed E-state index contributed by atoms with van der Waals surface area (Å²) in [5.74, 6) is 3.05. The lowest BCUT2D eigenvalue weighted by Crippen LogP contribution is -2.37. The van der Waals surface area contributed by atoms with Crippen LogP contribution in [0.5, 0.6) is 0 Å². The fourth-order valence-corrected chi connectivity index (χ4v) is 2.50. The van der Waals surface area contributed by atoms with Crippen molar-refractivity contribution in [1.29, 1.82) is 0 Å². The molecule has 0 bridgehead atoms. The standard InChI is InChI=1S/C17H28N6O2/c1-5-14-13(15(6-2)24-23-14)11-20-17(18-7-3)19-10-8-9-16-21-12(4)22-25-16/h5-11H2,1-4H3,(H2,18,19,20). The predicted molar refractivity (Wildman–Crippen MR) is 95.4 cm³/mol. The summed E-state index contributed by atoms with van der Waals surface area (Å²) in [7, 11) is 0. The summed E-state index contributed by atoms with van der Waals surface area (Å²) in [6.45, 7) is 10.2. The Labute approximate surface area is 148 Å². The highest BCUT2D eigenvalue weighted by atomic mass is 16.5. The Kier molecular flexibility index (Phi) is 7.43. The molecule has 0 aliphatic heterocycles. The summed E-state index contributed by atoms with van der Waals surface area (Å²) in [5, 5.41) is 14.5. The van der Waals surface area contributed by atoms with Crippen molar-refractivity contribution in [2.75, 3.05) is 13.1 Å².